The van der Waals surface area contributed by atoms with Crippen molar-refractivity contribution in [3.05, 3.63) is 15.8 Å². The second-order valence-electron chi connectivity index (χ2n) is 4.62. The fourth-order valence-electron chi connectivity index (χ4n) is 2.29. The van der Waals surface area contributed by atoms with Crippen LogP contribution in [0.4, 0.5) is 11.5 Å². The lowest BCUT2D eigenvalue weighted by Crippen LogP contribution is -2.30. The molecule has 0 radical (unpaired) electrons. The third kappa shape index (κ3) is 2.94. The average molecular weight is 286 g/mol. The molecule has 0 atom stereocenters. The summed E-state index contributed by atoms with van der Waals surface area (Å²) in [6.07, 6.45) is 1.55. The van der Waals surface area contributed by atoms with Crippen LogP contribution in [0.1, 0.15) is 25.5 Å². The van der Waals surface area contributed by atoms with Crippen molar-refractivity contribution in [3.63, 3.8) is 0 Å². The van der Waals surface area contributed by atoms with Crippen molar-refractivity contribution in [2.45, 2.75) is 39.3 Å². The molecule has 1 saturated heterocycles. The van der Waals surface area contributed by atoms with E-state index in [1.165, 1.54) is 0 Å². The summed E-state index contributed by atoms with van der Waals surface area (Å²) in [5.41, 5.74) is 0.474. The van der Waals surface area contributed by atoms with Gasteiger partial charge < -0.3 is 5.32 Å². The minimum Gasteiger partial charge on any atom is -0.362 e. The average Bonchev–Trinajstić information content (AvgIpc) is 2.68. The second-order valence-corrected chi connectivity index (χ2v) is 6.32. The Hall–Kier alpha value is -1.44. The normalized spacial score (nSPS) is 23.3. The zero-order valence-electron chi connectivity index (χ0n) is 11.1. The van der Waals surface area contributed by atoms with Gasteiger partial charge in [0.25, 0.3) is 0 Å². The summed E-state index contributed by atoms with van der Waals surface area (Å²) in [5.74, 6) is 1.79. The van der Waals surface area contributed by atoms with E-state index in [9.17, 15) is 14.3 Å². The Balaban J connectivity index is 2.23. The van der Waals surface area contributed by atoms with Crippen LogP contribution in [0.25, 0.3) is 0 Å². The molecule has 0 bridgehead atoms. The molecule has 1 aliphatic heterocycles. The first-order valence-corrected chi connectivity index (χ1v) is 7.85. The first-order chi connectivity index (χ1) is 9.02. The molecule has 7 nitrogen and oxygen atoms in total. The van der Waals surface area contributed by atoms with Crippen LogP contribution < -0.4 is 5.32 Å². The zero-order chi connectivity index (χ0) is 14.0. The number of rotatable bonds is 4. The second kappa shape index (κ2) is 5.68. The van der Waals surface area contributed by atoms with Gasteiger partial charge in [0.05, 0.1) is 4.92 Å². The van der Waals surface area contributed by atoms with Crippen molar-refractivity contribution in [1.82, 2.24) is 9.78 Å². The number of nitrogens with one attached hydrogen (secondary N) is 1. The van der Waals surface area contributed by atoms with E-state index in [1.54, 1.807) is 11.6 Å². The van der Waals surface area contributed by atoms with Gasteiger partial charge in [0.15, 0.2) is 0 Å². The van der Waals surface area contributed by atoms with E-state index in [0.717, 1.165) is 12.8 Å². The smallest absolute Gasteiger partial charge is 0.333 e. The van der Waals surface area contributed by atoms with Gasteiger partial charge in [-0.05, 0) is 26.7 Å². The van der Waals surface area contributed by atoms with Crippen LogP contribution in [0.5, 0.6) is 0 Å². The van der Waals surface area contributed by atoms with Crippen LogP contribution >= 0.6 is 0 Å². The van der Waals surface area contributed by atoms with E-state index in [0.29, 0.717) is 29.6 Å². The minimum absolute atomic E-state index is 0.0496. The number of hydrogen-bond acceptors (Lipinski definition) is 5. The van der Waals surface area contributed by atoms with Crippen LogP contribution in [0.3, 0.4) is 0 Å². The van der Waals surface area contributed by atoms with Gasteiger partial charge in [0.1, 0.15) is 5.69 Å². The summed E-state index contributed by atoms with van der Waals surface area (Å²) < 4.78 is 12.9. The van der Waals surface area contributed by atoms with Gasteiger partial charge in [-0.15, -0.1) is 0 Å². The molecule has 0 aromatic carbocycles. The van der Waals surface area contributed by atoms with Crippen molar-refractivity contribution in [2.24, 2.45) is 0 Å². The third-order valence-corrected chi connectivity index (χ3v) is 4.69. The lowest BCUT2D eigenvalue weighted by Gasteiger charge is -2.23. The maximum Gasteiger partial charge on any atom is 0.333 e. The molecule has 1 fully saturated rings. The van der Waals surface area contributed by atoms with Gasteiger partial charge in [0, 0.05) is 34.9 Å². The number of anilines is 1. The first kappa shape index (κ1) is 14.0. The topological polar surface area (TPSA) is 90.1 Å². The van der Waals surface area contributed by atoms with E-state index in [4.69, 9.17) is 0 Å². The molecule has 0 amide bonds. The number of nitro groups is 1. The predicted octanol–water partition coefficient (Wildman–Crippen LogP) is 1.44. The van der Waals surface area contributed by atoms with Gasteiger partial charge >= 0.3 is 5.69 Å². The van der Waals surface area contributed by atoms with Gasteiger partial charge in [-0.3, -0.25) is 14.3 Å². The third-order valence-electron chi connectivity index (χ3n) is 3.31. The molecule has 0 unspecified atom stereocenters. The van der Waals surface area contributed by atoms with Crippen LogP contribution in [-0.4, -0.2) is 36.5 Å². The fourth-order valence-corrected chi connectivity index (χ4v) is 3.59. The molecule has 1 aromatic rings. The van der Waals surface area contributed by atoms with Gasteiger partial charge in [-0.25, -0.2) is 4.68 Å². The molecule has 0 spiro atoms. The highest BCUT2D eigenvalue weighted by Crippen LogP contribution is 2.30. The Morgan fingerprint density at radius 1 is 1.53 bits per heavy atom. The van der Waals surface area contributed by atoms with E-state index >= 15 is 0 Å². The molecule has 0 aliphatic carbocycles. The molecule has 19 heavy (non-hydrogen) atoms. The predicted molar refractivity (Wildman–Crippen MR) is 73.8 cm³/mol. The zero-order valence-corrected chi connectivity index (χ0v) is 11.9. The highest BCUT2D eigenvalue weighted by molar-refractivity contribution is 7.85. The number of hydrogen-bond donors (Lipinski definition) is 1. The van der Waals surface area contributed by atoms with Crippen molar-refractivity contribution in [1.29, 1.82) is 0 Å². The van der Waals surface area contributed by atoms with Gasteiger partial charge in [-0.1, -0.05) is 0 Å². The lowest BCUT2D eigenvalue weighted by atomic mass is 10.1. The van der Waals surface area contributed by atoms with Crippen molar-refractivity contribution in [3.8, 4) is 0 Å². The maximum absolute atomic E-state index is 11.3. The van der Waals surface area contributed by atoms with E-state index in [1.807, 2.05) is 6.92 Å². The van der Waals surface area contributed by atoms with Crippen molar-refractivity contribution < 1.29 is 9.13 Å². The lowest BCUT2D eigenvalue weighted by molar-refractivity contribution is -0.384. The first-order valence-electron chi connectivity index (χ1n) is 6.36. The van der Waals surface area contributed by atoms with Crippen LogP contribution in [0.15, 0.2) is 0 Å². The van der Waals surface area contributed by atoms with Gasteiger partial charge in [0.2, 0.25) is 5.82 Å². The molecule has 106 valence electrons. The monoisotopic (exact) mass is 286 g/mol. The number of aryl methyl sites for hydroxylation is 2. The van der Waals surface area contributed by atoms with Crippen LogP contribution in [-0.2, 0) is 17.3 Å². The Kier molecular flexibility index (Phi) is 4.18. The molecule has 1 aromatic heterocycles. The Morgan fingerprint density at radius 2 is 2.16 bits per heavy atom. The van der Waals surface area contributed by atoms with Gasteiger partial charge in [-0.2, -0.15) is 5.10 Å². The number of nitrogens with zero attached hydrogens (tertiary/aromatic N) is 3. The van der Waals surface area contributed by atoms with Crippen molar-refractivity contribution in [2.75, 3.05) is 16.8 Å². The molecule has 0 saturated carbocycles. The highest BCUT2D eigenvalue weighted by atomic mass is 32.2. The Bertz CT molecular complexity index is 504. The van der Waals surface area contributed by atoms with Crippen LogP contribution in [0, 0.1) is 17.0 Å². The largest absolute Gasteiger partial charge is 0.362 e. The Labute approximate surface area is 114 Å². The quantitative estimate of drug-likeness (QED) is 0.668. The number of aromatic nitrogens is 2. The SMILES string of the molecule is CCn1nc(C)c([N+](=O)[O-])c1NC1CCS(=O)CC1. The summed E-state index contributed by atoms with van der Waals surface area (Å²) in [6, 6.07) is 0.137. The van der Waals surface area contributed by atoms with E-state index in [2.05, 4.69) is 10.4 Å². The fraction of sp³-hybridized carbons (Fsp3) is 0.727. The van der Waals surface area contributed by atoms with Crippen LogP contribution in [0.2, 0.25) is 0 Å². The molecular formula is C11H18N4O3S. The highest BCUT2D eigenvalue weighted by Gasteiger charge is 2.28. The summed E-state index contributed by atoms with van der Waals surface area (Å²) in [6.45, 7) is 4.12. The minimum atomic E-state index is -0.731. The molecular weight excluding hydrogens is 268 g/mol. The molecule has 8 heteroatoms. The summed E-state index contributed by atoms with van der Waals surface area (Å²) in [7, 11) is -0.731. The molecule has 2 heterocycles. The van der Waals surface area contributed by atoms with Crippen molar-refractivity contribution >= 4 is 22.3 Å². The Morgan fingerprint density at radius 3 is 2.68 bits per heavy atom. The maximum atomic E-state index is 11.3. The summed E-state index contributed by atoms with van der Waals surface area (Å²) in [4.78, 5) is 10.7. The molecule has 1 N–H and O–H groups in total. The standard InChI is InChI=1S/C11H18N4O3S/c1-3-14-11(10(15(16)17)8(2)13-14)12-9-4-6-19(18)7-5-9/h9,12H,3-7H2,1-2H3. The summed E-state index contributed by atoms with van der Waals surface area (Å²) >= 11 is 0. The van der Waals surface area contributed by atoms with E-state index < -0.39 is 15.7 Å². The summed E-state index contributed by atoms with van der Waals surface area (Å²) in [5, 5.41) is 18.5. The van der Waals surface area contributed by atoms with E-state index in [-0.39, 0.29) is 11.7 Å². The molecule has 1 aliphatic rings. The molecule has 2 rings (SSSR count).